The Morgan fingerprint density at radius 3 is 2.79 bits per heavy atom. The smallest absolute Gasteiger partial charge is 0.119 e. The van der Waals surface area contributed by atoms with E-state index in [9.17, 15) is 0 Å². The van der Waals surface area contributed by atoms with Crippen LogP contribution in [0, 0.1) is 5.92 Å². The van der Waals surface area contributed by atoms with Gasteiger partial charge in [-0.15, -0.1) is 0 Å². The summed E-state index contributed by atoms with van der Waals surface area (Å²) in [6.07, 6.45) is 7.05. The van der Waals surface area contributed by atoms with E-state index in [0.29, 0.717) is 6.04 Å². The van der Waals surface area contributed by atoms with E-state index in [1.165, 1.54) is 37.7 Å². The molecule has 2 nitrogen and oxygen atoms in total. The summed E-state index contributed by atoms with van der Waals surface area (Å²) in [4.78, 5) is 0. The SMILES string of the molecule is CCOc1cccc(CN[C@H](C)C2CCCCC2)c1. The van der Waals surface area contributed by atoms with Crippen LogP contribution in [0.4, 0.5) is 0 Å². The maximum atomic E-state index is 5.54. The van der Waals surface area contributed by atoms with Crippen molar-refractivity contribution in [3.05, 3.63) is 29.8 Å². The second kappa shape index (κ2) is 7.54. The molecule has 0 aliphatic heterocycles. The largest absolute Gasteiger partial charge is 0.494 e. The maximum absolute atomic E-state index is 5.54. The molecule has 1 aromatic rings. The number of nitrogens with one attached hydrogen (secondary N) is 1. The fourth-order valence-corrected chi connectivity index (χ4v) is 2.99. The molecule has 0 unspecified atom stereocenters. The zero-order valence-corrected chi connectivity index (χ0v) is 12.3. The summed E-state index contributed by atoms with van der Waals surface area (Å²) in [6, 6.07) is 9.04. The first-order valence-electron chi connectivity index (χ1n) is 7.74. The zero-order valence-electron chi connectivity index (χ0n) is 12.3. The van der Waals surface area contributed by atoms with Crippen LogP contribution in [0.2, 0.25) is 0 Å². The molecular formula is C17H27NO. The topological polar surface area (TPSA) is 21.3 Å². The predicted molar refractivity (Wildman–Crippen MR) is 80.5 cm³/mol. The van der Waals surface area contributed by atoms with E-state index < -0.39 is 0 Å². The second-order valence-electron chi connectivity index (χ2n) is 5.65. The van der Waals surface area contributed by atoms with Crippen LogP contribution in [0.25, 0.3) is 0 Å². The van der Waals surface area contributed by atoms with Crippen LogP contribution in [0.1, 0.15) is 51.5 Å². The van der Waals surface area contributed by atoms with Gasteiger partial charge in [0.25, 0.3) is 0 Å². The minimum atomic E-state index is 0.621. The van der Waals surface area contributed by atoms with Gasteiger partial charge in [0.05, 0.1) is 6.61 Å². The molecule has 0 amide bonds. The summed E-state index contributed by atoms with van der Waals surface area (Å²) in [7, 11) is 0. The molecule has 19 heavy (non-hydrogen) atoms. The van der Waals surface area contributed by atoms with Gasteiger partial charge in [0.2, 0.25) is 0 Å². The number of hydrogen-bond donors (Lipinski definition) is 1. The molecule has 2 heteroatoms. The Labute approximate surface area is 117 Å². The van der Waals surface area contributed by atoms with Crippen LogP contribution in [0.3, 0.4) is 0 Å². The summed E-state index contributed by atoms with van der Waals surface area (Å²) in [5.74, 6) is 1.84. The van der Waals surface area contributed by atoms with Crippen LogP contribution in [0.5, 0.6) is 5.75 Å². The molecule has 0 spiro atoms. The van der Waals surface area contributed by atoms with Gasteiger partial charge in [-0.3, -0.25) is 0 Å². The lowest BCUT2D eigenvalue weighted by Crippen LogP contribution is -2.34. The highest BCUT2D eigenvalue weighted by atomic mass is 16.5. The third-order valence-electron chi connectivity index (χ3n) is 4.19. The summed E-state index contributed by atoms with van der Waals surface area (Å²) in [6.45, 7) is 6.03. The van der Waals surface area contributed by atoms with Gasteiger partial charge >= 0.3 is 0 Å². The fourth-order valence-electron chi connectivity index (χ4n) is 2.99. The van der Waals surface area contributed by atoms with Gasteiger partial charge < -0.3 is 10.1 Å². The Kier molecular flexibility index (Phi) is 5.71. The molecule has 0 bridgehead atoms. The number of ether oxygens (including phenoxy) is 1. The van der Waals surface area contributed by atoms with Crippen LogP contribution in [-0.2, 0) is 6.54 Å². The van der Waals surface area contributed by atoms with Crippen molar-refractivity contribution in [3.63, 3.8) is 0 Å². The minimum absolute atomic E-state index is 0.621. The Morgan fingerprint density at radius 2 is 2.05 bits per heavy atom. The Hall–Kier alpha value is -1.02. The van der Waals surface area contributed by atoms with Crippen LogP contribution >= 0.6 is 0 Å². The molecule has 106 valence electrons. The van der Waals surface area contributed by atoms with E-state index in [0.717, 1.165) is 24.8 Å². The molecule has 2 rings (SSSR count). The molecule has 1 N–H and O–H groups in total. The highest BCUT2D eigenvalue weighted by Crippen LogP contribution is 2.26. The van der Waals surface area contributed by atoms with Crippen molar-refractivity contribution in [3.8, 4) is 5.75 Å². The third kappa shape index (κ3) is 4.54. The van der Waals surface area contributed by atoms with Crippen LogP contribution in [0.15, 0.2) is 24.3 Å². The highest BCUT2D eigenvalue weighted by Gasteiger charge is 2.19. The quantitative estimate of drug-likeness (QED) is 0.831. The highest BCUT2D eigenvalue weighted by molar-refractivity contribution is 5.28. The molecule has 0 radical (unpaired) electrons. The zero-order chi connectivity index (χ0) is 13.5. The Morgan fingerprint density at radius 1 is 1.26 bits per heavy atom. The van der Waals surface area contributed by atoms with E-state index in [1.54, 1.807) is 0 Å². The third-order valence-corrected chi connectivity index (χ3v) is 4.19. The molecule has 1 atom stereocenters. The van der Waals surface area contributed by atoms with Gasteiger partial charge in [-0.05, 0) is 50.3 Å². The lowest BCUT2D eigenvalue weighted by Gasteiger charge is -2.28. The van der Waals surface area contributed by atoms with Crippen molar-refractivity contribution < 1.29 is 4.74 Å². The Balaban J connectivity index is 1.82. The van der Waals surface area contributed by atoms with E-state index in [-0.39, 0.29) is 0 Å². The van der Waals surface area contributed by atoms with Gasteiger partial charge in [-0.2, -0.15) is 0 Å². The van der Waals surface area contributed by atoms with Crippen molar-refractivity contribution in [1.29, 1.82) is 0 Å². The second-order valence-corrected chi connectivity index (χ2v) is 5.65. The number of rotatable bonds is 6. The normalized spacial score (nSPS) is 18.2. The van der Waals surface area contributed by atoms with Crippen molar-refractivity contribution in [1.82, 2.24) is 5.32 Å². The van der Waals surface area contributed by atoms with E-state index >= 15 is 0 Å². The lowest BCUT2D eigenvalue weighted by molar-refractivity contribution is 0.280. The maximum Gasteiger partial charge on any atom is 0.119 e. The van der Waals surface area contributed by atoms with Gasteiger partial charge in [-0.1, -0.05) is 31.4 Å². The molecule has 1 saturated carbocycles. The molecule has 1 fully saturated rings. The molecule has 1 aliphatic carbocycles. The fraction of sp³-hybridized carbons (Fsp3) is 0.647. The van der Waals surface area contributed by atoms with Crippen molar-refractivity contribution >= 4 is 0 Å². The predicted octanol–water partition coefficient (Wildman–Crippen LogP) is 4.14. The lowest BCUT2D eigenvalue weighted by atomic mass is 9.84. The summed E-state index contributed by atoms with van der Waals surface area (Å²) < 4.78 is 5.54. The molecule has 0 saturated heterocycles. The Bertz CT molecular complexity index is 371. The average molecular weight is 261 g/mol. The monoisotopic (exact) mass is 261 g/mol. The average Bonchev–Trinajstić information content (AvgIpc) is 2.46. The van der Waals surface area contributed by atoms with Gasteiger partial charge in [0.15, 0.2) is 0 Å². The molecule has 0 aromatic heterocycles. The number of hydrogen-bond acceptors (Lipinski definition) is 2. The molecule has 1 aliphatic rings. The molecular weight excluding hydrogens is 234 g/mol. The van der Waals surface area contributed by atoms with Crippen molar-refractivity contribution in [2.75, 3.05) is 6.61 Å². The van der Waals surface area contributed by atoms with Crippen LogP contribution in [-0.4, -0.2) is 12.6 Å². The molecule has 0 heterocycles. The van der Waals surface area contributed by atoms with Crippen LogP contribution < -0.4 is 10.1 Å². The van der Waals surface area contributed by atoms with E-state index in [2.05, 4.69) is 30.4 Å². The summed E-state index contributed by atoms with van der Waals surface area (Å²) >= 11 is 0. The van der Waals surface area contributed by atoms with Crippen molar-refractivity contribution in [2.45, 2.75) is 58.5 Å². The summed E-state index contributed by atoms with van der Waals surface area (Å²) in [5, 5.41) is 3.68. The first kappa shape index (κ1) is 14.4. The number of benzene rings is 1. The summed E-state index contributed by atoms with van der Waals surface area (Å²) in [5.41, 5.74) is 1.31. The standard InChI is InChI=1S/C17H27NO/c1-3-19-17-11-7-8-15(12-17)13-18-14(2)16-9-5-4-6-10-16/h7-8,11-12,14,16,18H,3-6,9-10,13H2,1-2H3/t14-/m1/s1. The van der Waals surface area contributed by atoms with E-state index in [1.807, 2.05) is 13.0 Å². The van der Waals surface area contributed by atoms with Gasteiger partial charge in [0, 0.05) is 12.6 Å². The van der Waals surface area contributed by atoms with Gasteiger partial charge in [0.1, 0.15) is 5.75 Å². The first-order valence-corrected chi connectivity index (χ1v) is 7.74. The minimum Gasteiger partial charge on any atom is -0.494 e. The van der Waals surface area contributed by atoms with Crippen molar-refractivity contribution in [2.24, 2.45) is 5.92 Å². The van der Waals surface area contributed by atoms with Gasteiger partial charge in [-0.25, -0.2) is 0 Å². The van der Waals surface area contributed by atoms with E-state index in [4.69, 9.17) is 4.74 Å². The molecule has 1 aromatic carbocycles. The first-order chi connectivity index (χ1) is 9.29.